The van der Waals surface area contributed by atoms with E-state index in [-0.39, 0.29) is 11.9 Å². The first-order chi connectivity index (χ1) is 17.0. The Bertz CT molecular complexity index is 1180. The zero-order valence-corrected chi connectivity index (χ0v) is 20.6. The number of amides is 1. The van der Waals surface area contributed by atoms with Crippen molar-refractivity contribution in [3.63, 3.8) is 0 Å². The summed E-state index contributed by atoms with van der Waals surface area (Å²) < 4.78 is 16.9. The SMILES string of the molecule is CCOC(=O)C1CCOc2cc(Oc3ccc(C(=O)N(C)CCc4ccccc4)cc3)c(Cl)cc21. The molecule has 182 valence electrons. The number of hydrogen-bond acceptors (Lipinski definition) is 5. The Balaban J connectivity index is 1.42. The van der Waals surface area contributed by atoms with Crippen molar-refractivity contribution in [1.82, 2.24) is 4.90 Å². The summed E-state index contributed by atoms with van der Waals surface area (Å²) in [6.07, 6.45) is 1.33. The van der Waals surface area contributed by atoms with Crippen molar-refractivity contribution < 1.29 is 23.8 Å². The quantitative estimate of drug-likeness (QED) is 0.367. The average Bonchev–Trinajstić information content (AvgIpc) is 2.88. The molecule has 1 aliphatic heterocycles. The van der Waals surface area contributed by atoms with Gasteiger partial charge >= 0.3 is 5.97 Å². The molecule has 3 aromatic rings. The van der Waals surface area contributed by atoms with Crippen molar-refractivity contribution in [3.05, 3.63) is 88.4 Å². The lowest BCUT2D eigenvalue weighted by atomic mass is 9.93. The van der Waals surface area contributed by atoms with E-state index in [0.717, 1.165) is 6.42 Å². The minimum absolute atomic E-state index is 0.0577. The number of carbonyl (C=O) groups is 2. The summed E-state index contributed by atoms with van der Waals surface area (Å²) in [5, 5.41) is 0.365. The average molecular weight is 494 g/mol. The molecule has 1 unspecified atom stereocenters. The van der Waals surface area contributed by atoms with E-state index < -0.39 is 5.92 Å². The first-order valence-electron chi connectivity index (χ1n) is 11.7. The molecule has 1 amide bonds. The van der Waals surface area contributed by atoms with Gasteiger partial charge in [0.05, 0.1) is 24.2 Å². The highest BCUT2D eigenvalue weighted by Crippen LogP contribution is 2.42. The van der Waals surface area contributed by atoms with E-state index >= 15 is 0 Å². The molecule has 0 radical (unpaired) electrons. The smallest absolute Gasteiger partial charge is 0.313 e. The van der Waals surface area contributed by atoms with E-state index in [0.29, 0.717) is 59.6 Å². The van der Waals surface area contributed by atoms with Gasteiger partial charge in [0.2, 0.25) is 0 Å². The number of benzene rings is 3. The molecule has 0 saturated heterocycles. The van der Waals surface area contributed by atoms with Crippen LogP contribution in [-0.4, -0.2) is 43.6 Å². The Kier molecular flexibility index (Phi) is 7.93. The van der Waals surface area contributed by atoms with Crippen LogP contribution in [0, 0.1) is 0 Å². The van der Waals surface area contributed by atoms with Gasteiger partial charge in [-0.3, -0.25) is 9.59 Å². The fraction of sp³-hybridized carbons (Fsp3) is 0.286. The maximum atomic E-state index is 12.8. The predicted molar refractivity (Wildman–Crippen MR) is 135 cm³/mol. The van der Waals surface area contributed by atoms with Crippen molar-refractivity contribution in [2.75, 3.05) is 26.8 Å². The van der Waals surface area contributed by atoms with Gasteiger partial charge in [-0.15, -0.1) is 0 Å². The molecule has 0 N–H and O–H groups in total. The Labute approximate surface area is 210 Å². The Morgan fingerprint density at radius 3 is 2.54 bits per heavy atom. The Hall–Kier alpha value is -3.51. The van der Waals surface area contributed by atoms with Gasteiger partial charge in [-0.05, 0) is 55.7 Å². The monoisotopic (exact) mass is 493 g/mol. The van der Waals surface area contributed by atoms with Crippen LogP contribution in [0.5, 0.6) is 17.2 Å². The number of fused-ring (bicyclic) bond motifs is 1. The number of esters is 1. The van der Waals surface area contributed by atoms with Crippen LogP contribution in [-0.2, 0) is 16.0 Å². The highest BCUT2D eigenvalue weighted by Gasteiger charge is 2.30. The largest absolute Gasteiger partial charge is 0.493 e. The molecule has 35 heavy (non-hydrogen) atoms. The molecule has 0 bridgehead atoms. The molecule has 0 aromatic heterocycles. The van der Waals surface area contributed by atoms with Gasteiger partial charge in [0.15, 0.2) is 0 Å². The minimum Gasteiger partial charge on any atom is -0.493 e. The molecule has 0 spiro atoms. The lowest BCUT2D eigenvalue weighted by Gasteiger charge is -2.25. The van der Waals surface area contributed by atoms with Gasteiger partial charge in [-0.2, -0.15) is 0 Å². The third-order valence-electron chi connectivity index (χ3n) is 5.93. The summed E-state index contributed by atoms with van der Waals surface area (Å²) in [5.41, 5.74) is 2.46. The maximum absolute atomic E-state index is 12.8. The van der Waals surface area contributed by atoms with Crippen molar-refractivity contribution in [2.45, 2.75) is 25.7 Å². The van der Waals surface area contributed by atoms with Gasteiger partial charge in [0.1, 0.15) is 17.2 Å². The van der Waals surface area contributed by atoms with Gasteiger partial charge in [-0.25, -0.2) is 0 Å². The molecule has 6 nitrogen and oxygen atoms in total. The molecule has 7 heteroatoms. The summed E-state index contributed by atoms with van der Waals surface area (Å²) in [4.78, 5) is 26.8. The van der Waals surface area contributed by atoms with Crippen LogP contribution in [0.15, 0.2) is 66.7 Å². The Morgan fingerprint density at radius 1 is 1.09 bits per heavy atom. The summed E-state index contributed by atoms with van der Waals surface area (Å²) in [6, 6.07) is 20.4. The zero-order valence-electron chi connectivity index (χ0n) is 19.8. The molecule has 0 fully saturated rings. The number of carbonyl (C=O) groups excluding carboxylic acids is 2. The summed E-state index contributed by atoms with van der Waals surface area (Å²) in [6.45, 7) is 3.14. The van der Waals surface area contributed by atoms with Crippen LogP contribution >= 0.6 is 11.6 Å². The highest BCUT2D eigenvalue weighted by molar-refractivity contribution is 6.32. The van der Waals surface area contributed by atoms with E-state index in [9.17, 15) is 9.59 Å². The van der Waals surface area contributed by atoms with Gasteiger partial charge in [0.25, 0.3) is 5.91 Å². The van der Waals surface area contributed by atoms with E-state index in [1.807, 2.05) is 18.2 Å². The molecule has 0 aliphatic carbocycles. The summed E-state index contributed by atoms with van der Waals surface area (Å²) in [7, 11) is 1.80. The number of rotatable bonds is 8. The maximum Gasteiger partial charge on any atom is 0.313 e. The second-order valence-electron chi connectivity index (χ2n) is 8.35. The molecular formula is C28H28ClNO5. The molecule has 4 rings (SSSR count). The molecular weight excluding hydrogens is 466 g/mol. The third-order valence-corrected chi connectivity index (χ3v) is 6.22. The van der Waals surface area contributed by atoms with Gasteiger partial charge < -0.3 is 19.1 Å². The van der Waals surface area contributed by atoms with Crippen molar-refractivity contribution >= 4 is 23.5 Å². The van der Waals surface area contributed by atoms with E-state index in [2.05, 4.69) is 12.1 Å². The van der Waals surface area contributed by atoms with Crippen LogP contribution in [0.25, 0.3) is 0 Å². The predicted octanol–water partition coefficient (Wildman–Crippen LogP) is 5.88. The fourth-order valence-electron chi connectivity index (χ4n) is 4.01. The van der Waals surface area contributed by atoms with E-state index in [1.54, 1.807) is 55.3 Å². The number of likely N-dealkylation sites (N-methyl/N-ethyl adjacent to an activating group) is 1. The first-order valence-corrected chi connectivity index (χ1v) is 12.0. The standard InChI is InChI=1S/C28H28ClNO5/c1-3-33-28(32)22-14-16-34-25-18-26(24(29)17-23(22)25)35-21-11-9-20(10-12-21)27(31)30(2)15-13-19-7-5-4-6-8-19/h4-12,17-18,22H,3,13-16H2,1-2H3. The summed E-state index contributed by atoms with van der Waals surface area (Å²) >= 11 is 6.47. The molecule has 1 aliphatic rings. The second-order valence-corrected chi connectivity index (χ2v) is 8.76. The minimum atomic E-state index is -0.408. The topological polar surface area (TPSA) is 65.1 Å². The highest BCUT2D eigenvalue weighted by atomic mass is 35.5. The third kappa shape index (κ3) is 5.95. The lowest BCUT2D eigenvalue weighted by molar-refractivity contribution is -0.145. The van der Waals surface area contributed by atoms with E-state index in [4.69, 9.17) is 25.8 Å². The first kappa shape index (κ1) is 24.6. The molecule has 1 heterocycles. The van der Waals surface area contributed by atoms with Crippen LogP contribution in [0.4, 0.5) is 0 Å². The van der Waals surface area contributed by atoms with Gasteiger partial charge in [-0.1, -0.05) is 41.9 Å². The van der Waals surface area contributed by atoms with Crippen LogP contribution < -0.4 is 9.47 Å². The number of hydrogen-bond donors (Lipinski definition) is 0. The number of halogens is 1. The molecule has 1 atom stereocenters. The normalized spacial score (nSPS) is 14.4. The van der Waals surface area contributed by atoms with Gasteiger partial charge in [0, 0.05) is 30.8 Å². The zero-order chi connectivity index (χ0) is 24.8. The second kappa shape index (κ2) is 11.3. The van der Waals surface area contributed by atoms with Crippen LogP contribution in [0.3, 0.4) is 0 Å². The van der Waals surface area contributed by atoms with E-state index in [1.165, 1.54) is 5.56 Å². The van der Waals surface area contributed by atoms with Crippen LogP contribution in [0.1, 0.15) is 40.7 Å². The van der Waals surface area contributed by atoms with Crippen molar-refractivity contribution in [1.29, 1.82) is 0 Å². The fourth-order valence-corrected chi connectivity index (χ4v) is 4.22. The molecule has 3 aromatic carbocycles. The van der Waals surface area contributed by atoms with Crippen LogP contribution in [0.2, 0.25) is 5.02 Å². The Morgan fingerprint density at radius 2 is 1.83 bits per heavy atom. The van der Waals surface area contributed by atoms with Crippen molar-refractivity contribution in [3.8, 4) is 17.2 Å². The number of nitrogens with zero attached hydrogens (tertiary/aromatic N) is 1. The number of ether oxygens (including phenoxy) is 3. The molecule has 0 saturated carbocycles. The lowest BCUT2D eigenvalue weighted by Crippen LogP contribution is -2.28. The van der Waals surface area contributed by atoms with Crippen molar-refractivity contribution in [2.24, 2.45) is 0 Å². The summed E-state index contributed by atoms with van der Waals surface area (Å²) in [5.74, 6) is 0.755.